The lowest BCUT2D eigenvalue weighted by Crippen LogP contribution is -2.41. The van der Waals surface area contributed by atoms with Crippen molar-refractivity contribution >= 4 is 37.5 Å². The Labute approximate surface area is 197 Å². The van der Waals surface area contributed by atoms with Crippen molar-refractivity contribution in [2.24, 2.45) is 0 Å². The molecule has 0 heterocycles. The molecule has 0 radical (unpaired) electrons. The highest BCUT2D eigenvalue weighted by atomic mass is 79.9. The van der Waals surface area contributed by atoms with Crippen molar-refractivity contribution in [3.63, 3.8) is 0 Å². The number of rotatable bonds is 8. The van der Waals surface area contributed by atoms with Gasteiger partial charge in [-0.1, -0.05) is 51.8 Å². The van der Waals surface area contributed by atoms with Crippen LogP contribution in [0.4, 0.5) is 5.69 Å². The summed E-state index contributed by atoms with van der Waals surface area (Å²) < 4.78 is 34.0. The Hall–Kier alpha value is -2.84. The molecule has 0 fully saturated rings. The zero-order valence-corrected chi connectivity index (χ0v) is 20.6. The summed E-state index contributed by atoms with van der Waals surface area (Å²) in [6, 6.07) is 20.9. The van der Waals surface area contributed by atoms with Crippen molar-refractivity contribution in [2.75, 3.05) is 25.0 Å². The maximum Gasteiger partial charge on any atom is 0.264 e. The van der Waals surface area contributed by atoms with Crippen LogP contribution in [0, 0.1) is 6.92 Å². The third-order valence-electron chi connectivity index (χ3n) is 4.99. The van der Waals surface area contributed by atoms with Gasteiger partial charge in [-0.15, -0.1) is 0 Å². The molecule has 32 heavy (non-hydrogen) atoms. The molecular formula is C24H25BrN2O4S. The molecule has 0 aromatic heterocycles. The maximum atomic E-state index is 13.5. The third kappa shape index (κ3) is 5.69. The lowest BCUT2D eigenvalue weighted by atomic mass is 10.2. The molecule has 0 aliphatic rings. The molecule has 0 unspecified atom stereocenters. The minimum absolute atomic E-state index is 0.133. The van der Waals surface area contributed by atoms with Crippen LogP contribution in [0.2, 0.25) is 0 Å². The van der Waals surface area contributed by atoms with Gasteiger partial charge in [0.25, 0.3) is 10.0 Å². The van der Waals surface area contributed by atoms with E-state index in [9.17, 15) is 13.2 Å². The van der Waals surface area contributed by atoms with Gasteiger partial charge in [0.15, 0.2) is 0 Å². The number of hydrogen-bond acceptors (Lipinski definition) is 4. The minimum atomic E-state index is -3.95. The highest BCUT2D eigenvalue weighted by Gasteiger charge is 2.28. The maximum absolute atomic E-state index is 13.5. The van der Waals surface area contributed by atoms with Crippen molar-refractivity contribution in [1.82, 2.24) is 4.90 Å². The molecule has 0 atom stereocenters. The first kappa shape index (κ1) is 23.8. The Bertz CT molecular complexity index is 1180. The first-order chi connectivity index (χ1) is 15.2. The van der Waals surface area contributed by atoms with Crippen molar-refractivity contribution in [2.45, 2.75) is 18.4 Å². The molecule has 0 saturated heterocycles. The van der Waals surface area contributed by atoms with Crippen LogP contribution in [-0.2, 0) is 21.4 Å². The van der Waals surface area contributed by atoms with E-state index >= 15 is 0 Å². The van der Waals surface area contributed by atoms with E-state index < -0.39 is 10.0 Å². The number of aryl methyl sites for hydroxylation is 1. The number of hydrogen-bond donors (Lipinski definition) is 0. The number of halogens is 1. The Kier molecular flexibility index (Phi) is 7.58. The number of amides is 1. The van der Waals surface area contributed by atoms with E-state index in [2.05, 4.69) is 15.9 Å². The normalized spacial score (nSPS) is 11.1. The van der Waals surface area contributed by atoms with Crippen molar-refractivity contribution in [3.8, 4) is 5.75 Å². The molecule has 6 nitrogen and oxygen atoms in total. The summed E-state index contributed by atoms with van der Waals surface area (Å²) in [5.74, 6) is 0.407. The van der Waals surface area contributed by atoms with Gasteiger partial charge in [0, 0.05) is 18.1 Å². The third-order valence-corrected chi connectivity index (χ3v) is 7.27. The molecule has 0 spiro atoms. The average Bonchev–Trinajstić information content (AvgIpc) is 2.78. The molecule has 0 aliphatic heterocycles. The number of carbonyl (C=O) groups is 1. The van der Waals surface area contributed by atoms with Gasteiger partial charge in [-0.3, -0.25) is 9.10 Å². The second-order valence-corrected chi connectivity index (χ2v) is 10.2. The second-order valence-electron chi connectivity index (χ2n) is 7.40. The quantitative estimate of drug-likeness (QED) is 0.438. The fraction of sp³-hybridized carbons (Fsp3) is 0.208. The van der Waals surface area contributed by atoms with Gasteiger partial charge in [-0.25, -0.2) is 8.42 Å². The summed E-state index contributed by atoms with van der Waals surface area (Å²) in [5.41, 5.74) is 2.27. The van der Waals surface area contributed by atoms with Crippen LogP contribution in [0.15, 0.2) is 82.2 Å². The van der Waals surface area contributed by atoms with E-state index in [0.717, 1.165) is 25.7 Å². The Morgan fingerprint density at radius 3 is 2.25 bits per heavy atom. The average molecular weight is 517 g/mol. The number of sulfonamides is 1. The van der Waals surface area contributed by atoms with Crippen LogP contribution in [0.5, 0.6) is 5.75 Å². The number of anilines is 1. The minimum Gasteiger partial charge on any atom is -0.497 e. The largest absolute Gasteiger partial charge is 0.497 e. The molecule has 0 aliphatic carbocycles. The number of benzene rings is 3. The van der Waals surface area contributed by atoms with E-state index in [0.29, 0.717) is 12.2 Å². The van der Waals surface area contributed by atoms with Crippen molar-refractivity contribution in [3.05, 3.63) is 88.4 Å². The lowest BCUT2D eigenvalue weighted by Gasteiger charge is -2.27. The van der Waals surface area contributed by atoms with Crippen LogP contribution in [0.25, 0.3) is 0 Å². The molecule has 3 rings (SSSR count). The number of nitrogens with zero attached hydrogens (tertiary/aromatic N) is 2. The lowest BCUT2D eigenvalue weighted by molar-refractivity contribution is -0.128. The standard InChI is InChI=1S/C24H25BrN2O4S/c1-18-7-13-23(14-8-18)32(29,30)27(21-6-4-5-20(25)15-21)17-24(28)26(2)16-19-9-11-22(31-3)12-10-19/h4-15H,16-17H2,1-3H3. The van der Waals surface area contributed by atoms with Crippen LogP contribution in [0.1, 0.15) is 11.1 Å². The van der Waals surface area contributed by atoms with E-state index in [1.807, 2.05) is 31.2 Å². The molecule has 168 valence electrons. The van der Waals surface area contributed by atoms with E-state index in [1.165, 1.54) is 4.90 Å². The van der Waals surface area contributed by atoms with E-state index in [-0.39, 0.29) is 17.3 Å². The molecule has 0 N–H and O–H groups in total. The smallest absolute Gasteiger partial charge is 0.264 e. The summed E-state index contributed by atoms with van der Waals surface area (Å²) in [5, 5.41) is 0. The molecular weight excluding hydrogens is 492 g/mol. The van der Waals surface area contributed by atoms with E-state index in [1.54, 1.807) is 62.7 Å². The first-order valence-corrected chi connectivity index (χ1v) is 12.2. The fourth-order valence-electron chi connectivity index (χ4n) is 3.12. The van der Waals surface area contributed by atoms with E-state index in [4.69, 9.17) is 4.74 Å². The summed E-state index contributed by atoms with van der Waals surface area (Å²) in [7, 11) is -0.700. The molecule has 8 heteroatoms. The number of ether oxygens (including phenoxy) is 1. The van der Waals surface area contributed by atoms with Gasteiger partial charge in [-0.05, 0) is 55.0 Å². The highest BCUT2D eigenvalue weighted by Crippen LogP contribution is 2.27. The monoisotopic (exact) mass is 516 g/mol. The summed E-state index contributed by atoms with van der Waals surface area (Å²) >= 11 is 3.39. The van der Waals surface area contributed by atoms with Gasteiger partial charge in [0.05, 0.1) is 17.7 Å². The van der Waals surface area contributed by atoms with Crippen LogP contribution < -0.4 is 9.04 Å². The van der Waals surface area contributed by atoms with Crippen LogP contribution in [0.3, 0.4) is 0 Å². The fourth-order valence-corrected chi connectivity index (χ4v) is 4.91. The van der Waals surface area contributed by atoms with Gasteiger partial charge < -0.3 is 9.64 Å². The van der Waals surface area contributed by atoms with Gasteiger partial charge in [-0.2, -0.15) is 0 Å². The van der Waals surface area contributed by atoms with Crippen LogP contribution in [-0.4, -0.2) is 39.9 Å². The zero-order valence-electron chi connectivity index (χ0n) is 18.2. The topological polar surface area (TPSA) is 66.9 Å². The zero-order chi connectivity index (χ0) is 23.3. The van der Waals surface area contributed by atoms with Crippen LogP contribution >= 0.6 is 15.9 Å². The second kappa shape index (κ2) is 10.2. The number of methoxy groups -OCH3 is 1. The van der Waals surface area contributed by atoms with Crippen molar-refractivity contribution < 1.29 is 17.9 Å². The number of carbonyl (C=O) groups excluding carboxylic acids is 1. The SMILES string of the molecule is COc1ccc(CN(C)C(=O)CN(c2cccc(Br)c2)S(=O)(=O)c2ccc(C)cc2)cc1. The summed E-state index contributed by atoms with van der Waals surface area (Å²) in [6.07, 6.45) is 0. The molecule has 0 bridgehead atoms. The predicted octanol–water partition coefficient (Wildman–Crippen LogP) is 4.62. The van der Waals surface area contributed by atoms with Gasteiger partial charge in [0.1, 0.15) is 12.3 Å². The molecule has 1 amide bonds. The van der Waals surface area contributed by atoms with Gasteiger partial charge >= 0.3 is 0 Å². The molecule has 3 aromatic carbocycles. The Morgan fingerprint density at radius 2 is 1.66 bits per heavy atom. The Morgan fingerprint density at radius 1 is 1.00 bits per heavy atom. The summed E-state index contributed by atoms with van der Waals surface area (Å²) in [4.78, 5) is 14.7. The predicted molar refractivity (Wildman–Crippen MR) is 129 cm³/mol. The summed E-state index contributed by atoms with van der Waals surface area (Å²) in [6.45, 7) is 1.92. The molecule has 3 aromatic rings. The molecule has 0 saturated carbocycles. The first-order valence-electron chi connectivity index (χ1n) is 9.92. The van der Waals surface area contributed by atoms with Crippen molar-refractivity contribution in [1.29, 1.82) is 0 Å². The number of likely N-dealkylation sites (N-methyl/N-ethyl adjacent to an activating group) is 1. The highest BCUT2D eigenvalue weighted by molar-refractivity contribution is 9.10. The Balaban J connectivity index is 1.88. The van der Waals surface area contributed by atoms with Gasteiger partial charge in [0.2, 0.25) is 5.91 Å².